The van der Waals surface area contributed by atoms with E-state index >= 15 is 0 Å². The van der Waals surface area contributed by atoms with Gasteiger partial charge in [0, 0.05) is 23.2 Å². The normalized spacial score (nSPS) is 14.5. The summed E-state index contributed by atoms with van der Waals surface area (Å²) < 4.78 is 12.1. The highest BCUT2D eigenvalue weighted by Crippen LogP contribution is 2.32. The van der Waals surface area contributed by atoms with E-state index in [-0.39, 0.29) is 11.9 Å². The summed E-state index contributed by atoms with van der Waals surface area (Å²) in [6, 6.07) is 9.29. The van der Waals surface area contributed by atoms with Crippen LogP contribution in [0.4, 0.5) is 5.69 Å². The van der Waals surface area contributed by atoms with E-state index in [1.54, 1.807) is 17.4 Å². The van der Waals surface area contributed by atoms with Gasteiger partial charge >= 0.3 is 0 Å². The highest BCUT2D eigenvalue weighted by atomic mass is 79.9. The van der Waals surface area contributed by atoms with Gasteiger partial charge in [0.05, 0.1) is 9.83 Å². The Bertz CT molecular complexity index is 734. The molecule has 24 heavy (non-hydrogen) atoms. The second-order valence-electron chi connectivity index (χ2n) is 5.64. The maximum Gasteiger partial charge on any atom is 0.241 e. The van der Waals surface area contributed by atoms with Crippen LogP contribution in [0.3, 0.4) is 0 Å². The number of hydrogen-bond donors (Lipinski definition) is 1. The van der Waals surface area contributed by atoms with Crippen LogP contribution in [0.25, 0.3) is 0 Å². The quantitative estimate of drug-likeness (QED) is 0.815. The topological polar surface area (TPSA) is 50.8 Å². The van der Waals surface area contributed by atoms with Gasteiger partial charge < -0.3 is 14.8 Å². The molecule has 0 spiro atoms. The molecule has 0 bridgehead atoms. The van der Waals surface area contributed by atoms with E-state index < -0.39 is 0 Å². The van der Waals surface area contributed by atoms with E-state index in [1.807, 2.05) is 37.1 Å². The summed E-state index contributed by atoms with van der Waals surface area (Å²) in [7, 11) is 1.95. The first kappa shape index (κ1) is 17.3. The van der Waals surface area contributed by atoms with E-state index in [0.717, 1.165) is 10.3 Å². The summed E-state index contributed by atoms with van der Waals surface area (Å²) in [6.07, 6.45) is 0. The molecule has 2 aromatic rings. The van der Waals surface area contributed by atoms with Crippen molar-refractivity contribution >= 4 is 38.9 Å². The molecular formula is C17H19BrN2O3S. The molecule has 1 aliphatic rings. The van der Waals surface area contributed by atoms with Crippen molar-refractivity contribution in [3.63, 3.8) is 0 Å². The van der Waals surface area contributed by atoms with Crippen molar-refractivity contribution in [2.45, 2.75) is 19.5 Å². The molecule has 1 aliphatic heterocycles. The number of amides is 1. The third-order valence-corrected chi connectivity index (χ3v) is 5.49. The van der Waals surface area contributed by atoms with Gasteiger partial charge in [-0.05, 0) is 54.2 Å². The highest BCUT2D eigenvalue weighted by Gasteiger charge is 2.20. The van der Waals surface area contributed by atoms with Gasteiger partial charge in [-0.1, -0.05) is 0 Å². The molecule has 1 aromatic carbocycles. The maximum absolute atomic E-state index is 12.5. The summed E-state index contributed by atoms with van der Waals surface area (Å²) >= 11 is 5.14. The minimum atomic E-state index is -0.251. The molecule has 0 saturated carbocycles. The number of hydrogen-bond acceptors (Lipinski definition) is 5. The Morgan fingerprint density at radius 2 is 2.04 bits per heavy atom. The molecule has 1 N–H and O–H groups in total. The van der Waals surface area contributed by atoms with Gasteiger partial charge in [-0.2, -0.15) is 0 Å². The number of thiophene rings is 1. The Morgan fingerprint density at radius 3 is 2.75 bits per heavy atom. The average Bonchev–Trinajstić information content (AvgIpc) is 2.98. The number of ether oxygens (including phenoxy) is 2. The Kier molecular flexibility index (Phi) is 5.43. The number of nitrogens with zero attached hydrogens (tertiary/aromatic N) is 1. The zero-order chi connectivity index (χ0) is 17.1. The molecule has 128 valence electrons. The van der Waals surface area contributed by atoms with Crippen molar-refractivity contribution in [2.24, 2.45) is 0 Å². The number of anilines is 1. The first-order chi connectivity index (χ1) is 11.5. The van der Waals surface area contributed by atoms with E-state index in [2.05, 4.69) is 27.3 Å². The van der Waals surface area contributed by atoms with Crippen molar-refractivity contribution in [2.75, 3.05) is 25.6 Å². The number of fused-ring (bicyclic) bond motifs is 1. The second kappa shape index (κ2) is 7.55. The Hall–Kier alpha value is -1.57. The molecule has 2 heterocycles. The van der Waals surface area contributed by atoms with Crippen LogP contribution < -0.4 is 14.8 Å². The van der Waals surface area contributed by atoms with Crippen LogP contribution in [-0.4, -0.2) is 37.1 Å². The standard InChI is InChI=1S/C17H19BrN2O3S/c1-11(20(2)10-13-4-6-16(18)24-13)17(21)19-12-3-5-14-15(9-12)23-8-7-22-14/h3-6,9,11H,7-8,10H2,1-2H3,(H,19,21). The molecule has 3 rings (SSSR count). The smallest absolute Gasteiger partial charge is 0.241 e. The van der Waals surface area contributed by atoms with Gasteiger partial charge in [0.15, 0.2) is 11.5 Å². The number of benzene rings is 1. The Morgan fingerprint density at radius 1 is 1.29 bits per heavy atom. The van der Waals surface area contributed by atoms with Crippen LogP contribution >= 0.6 is 27.3 Å². The summed E-state index contributed by atoms with van der Waals surface area (Å²) in [4.78, 5) is 15.7. The third-order valence-electron chi connectivity index (χ3n) is 3.88. The fourth-order valence-corrected chi connectivity index (χ4v) is 3.93. The van der Waals surface area contributed by atoms with Crippen LogP contribution in [0.15, 0.2) is 34.1 Å². The summed E-state index contributed by atoms with van der Waals surface area (Å²) in [5.74, 6) is 1.33. The number of carbonyl (C=O) groups is 1. The SMILES string of the molecule is CC(C(=O)Nc1ccc2c(c1)OCCO2)N(C)Cc1ccc(Br)s1. The van der Waals surface area contributed by atoms with E-state index in [0.29, 0.717) is 30.4 Å². The Labute approximate surface area is 153 Å². The van der Waals surface area contributed by atoms with Gasteiger partial charge in [-0.15, -0.1) is 11.3 Å². The van der Waals surface area contributed by atoms with Crippen LogP contribution in [0.2, 0.25) is 0 Å². The molecular weight excluding hydrogens is 392 g/mol. The van der Waals surface area contributed by atoms with Gasteiger partial charge in [-0.25, -0.2) is 0 Å². The number of halogens is 1. The lowest BCUT2D eigenvalue weighted by molar-refractivity contribution is -0.120. The third kappa shape index (κ3) is 4.09. The van der Waals surface area contributed by atoms with Gasteiger partial charge in [0.2, 0.25) is 5.91 Å². The zero-order valence-corrected chi connectivity index (χ0v) is 15.9. The first-order valence-electron chi connectivity index (χ1n) is 7.68. The molecule has 0 aliphatic carbocycles. The monoisotopic (exact) mass is 410 g/mol. The molecule has 1 aromatic heterocycles. The van der Waals surface area contributed by atoms with Crippen molar-refractivity contribution < 1.29 is 14.3 Å². The van der Waals surface area contributed by atoms with E-state index in [4.69, 9.17) is 9.47 Å². The van der Waals surface area contributed by atoms with E-state index in [1.165, 1.54) is 4.88 Å². The molecule has 1 unspecified atom stereocenters. The van der Waals surface area contributed by atoms with Gasteiger partial charge in [0.1, 0.15) is 13.2 Å². The van der Waals surface area contributed by atoms with Crippen molar-refractivity contribution in [3.05, 3.63) is 39.0 Å². The number of likely N-dealkylation sites (N-methyl/N-ethyl adjacent to an activating group) is 1. The van der Waals surface area contributed by atoms with Crippen LogP contribution in [0.1, 0.15) is 11.8 Å². The predicted molar refractivity (Wildman–Crippen MR) is 99.0 cm³/mol. The molecule has 0 saturated heterocycles. The largest absolute Gasteiger partial charge is 0.486 e. The highest BCUT2D eigenvalue weighted by molar-refractivity contribution is 9.11. The minimum Gasteiger partial charge on any atom is -0.486 e. The lowest BCUT2D eigenvalue weighted by atomic mass is 10.2. The number of rotatable bonds is 5. The van der Waals surface area contributed by atoms with Crippen molar-refractivity contribution in [3.8, 4) is 11.5 Å². The van der Waals surface area contributed by atoms with Crippen LogP contribution in [-0.2, 0) is 11.3 Å². The lowest BCUT2D eigenvalue weighted by Gasteiger charge is -2.24. The number of nitrogens with one attached hydrogen (secondary N) is 1. The Balaban J connectivity index is 1.61. The molecule has 1 atom stereocenters. The number of carbonyl (C=O) groups excluding carboxylic acids is 1. The molecule has 0 fully saturated rings. The van der Waals surface area contributed by atoms with Crippen LogP contribution in [0, 0.1) is 0 Å². The van der Waals surface area contributed by atoms with Crippen molar-refractivity contribution in [1.29, 1.82) is 0 Å². The molecule has 0 radical (unpaired) electrons. The summed E-state index contributed by atoms with van der Waals surface area (Å²) in [6.45, 7) is 3.71. The fourth-order valence-electron chi connectivity index (χ4n) is 2.39. The van der Waals surface area contributed by atoms with Crippen LogP contribution in [0.5, 0.6) is 11.5 Å². The van der Waals surface area contributed by atoms with Crippen molar-refractivity contribution in [1.82, 2.24) is 4.90 Å². The molecule has 1 amide bonds. The minimum absolute atomic E-state index is 0.0511. The summed E-state index contributed by atoms with van der Waals surface area (Å²) in [5, 5.41) is 2.94. The second-order valence-corrected chi connectivity index (χ2v) is 8.19. The average molecular weight is 411 g/mol. The van der Waals surface area contributed by atoms with Gasteiger partial charge in [-0.3, -0.25) is 9.69 Å². The molecule has 7 heteroatoms. The first-order valence-corrected chi connectivity index (χ1v) is 9.29. The van der Waals surface area contributed by atoms with Gasteiger partial charge in [0.25, 0.3) is 0 Å². The predicted octanol–water partition coefficient (Wildman–Crippen LogP) is 3.74. The molecule has 5 nitrogen and oxygen atoms in total. The van der Waals surface area contributed by atoms with E-state index in [9.17, 15) is 4.79 Å². The maximum atomic E-state index is 12.5. The lowest BCUT2D eigenvalue weighted by Crippen LogP contribution is -2.39. The summed E-state index contributed by atoms with van der Waals surface area (Å²) in [5.41, 5.74) is 0.711. The zero-order valence-electron chi connectivity index (χ0n) is 13.5. The fraction of sp³-hybridized carbons (Fsp3) is 0.353.